The summed E-state index contributed by atoms with van der Waals surface area (Å²) in [5, 5.41) is 0. The van der Waals surface area contributed by atoms with Crippen LogP contribution in [0.5, 0.6) is 0 Å². The summed E-state index contributed by atoms with van der Waals surface area (Å²) in [6.07, 6.45) is 2.31. The van der Waals surface area contributed by atoms with E-state index in [0.717, 1.165) is 30.6 Å². The van der Waals surface area contributed by atoms with Gasteiger partial charge in [0.1, 0.15) is 0 Å². The van der Waals surface area contributed by atoms with Crippen LogP contribution in [0, 0.1) is 18.8 Å². The number of halogens is 1. The van der Waals surface area contributed by atoms with Crippen molar-refractivity contribution >= 4 is 18.3 Å². The summed E-state index contributed by atoms with van der Waals surface area (Å²) in [5.74, 6) is 1.33. The zero-order valence-electron chi connectivity index (χ0n) is 11.2. The lowest BCUT2D eigenvalue weighted by atomic mass is 9.98. The average molecular weight is 281 g/mol. The van der Waals surface area contributed by atoms with Crippen LogP contribution in [0.3, 0.4) is 0 Å². The molecule has 4 heteroatoms. The molecule has 1 aromatic carbocycles. The lowest BCUT2D eigenvalue weighted by Gasteiger charge is -2.19. The highest BCUT2D eigenvalue weighted by Gasteiger charge is 2.42. The molecule has 0 radical (unpaired) electrons. The van der Waals surface area contributed by atoms with E-state index in [1.165, 1.54) is 6.42 Å². The van der Waals surface area contributed by atoms with E-state index >= 15 is 0 Å². The molecule has 1 aliphatic carbocycles. The fraction of sp³-hybridized carbons (Fsp3) is 0.533. The van der Waals surface area contributed by atoms with E-state index < -0.39 is 0 Å². The molecule has 104 valence electrons. The minimum absolute atomic E-state index is 0. The molecule has 3 unspecified atom stereocenters. The largest absolute Gasteiger partial charge is 0.338 e. The number of hydrogen-bond acceptors (Lipinski definition) is 2. The van der Waals surface area contributed by atoms with Crippen LogP contribution >= 0.6 is 12.4 Å². The van der Waals surface area contributed by atoms with Crippen LogP contribution in [0.15, 0.2) is 24.3 Å². The Bertz CT molecular complexity index is 477. The molecule has 1 saturated carbocycles. The second kappa shape index (κ2) is 5.51. The van der Waals surface area contributed by atoms with Gasteiger partial charge in [0, 0.05) is 24.7 Å². The maximum atomic E-state index is 12.5. The minimum atomic E-state index is 0. The second-order valence-electron chi connectivity index (χ2n) is 5.69. The molecule has 3 rings (SSSR count). The van der Waals surface area contributed by atoms with Gasteiger partial charge in [-0.3, -0.25) is 4.79 Å². The molecule has 0 bridgehead atoms. The predicted molar refractivity (Wildman–Crippen MR) is 78.5 cm³/mol. The van der Waals surface area contributed by atoms with Crippen LogP contribution in [-0.2, 0) is 0 Å². The number of nitrogens with two attached hydrogens (primary N) is 1. The van der Waals surface area contributed by atoms with Gasteiger partial charge in [0.2, 0.25) is 0 Å². The second-order valence-corrected chi connectivity index (χ2v) is 5.69. The van der Waals surface area contributed by atoms with Crippen molar-refractivity contribution in [3.63, 3.8) is 0 Å². The third kappa shape index (κ3) is 2.49. The molecule has 1 heterocycles. The molecule has 3 nitrogen and oxygen atoms in total. The smallest absolute Gasteiger partial charge is 0.254 e. The Morgan fingerprint density at radius 2 is 2.00 bits per heavy atom. The van der Waals surface area contributed by atoms with Crippen molar-refractivity contribution in [2.45, 2.75) is 25.8 Å². The van der Waals surface area contributed by atoms with Gasteiger partial charge >= 0.3 is 0 Å². The van der Waals surface area contributed by atoms with E-state index in [1.54, 1.807) is 0 Å². The van der Waals surface area contributed by atoms with Crippen molar-refractivity contribution in [2.24, 2.45) is 17.6 Å². The number of carbonyl (C=O) groups excluding carboxylic acids is 1. The number of hydrogen-bond donors (Lipinski definition) is 1. The molecule has 0 aromatic heterocycles. The zero-order chi connectivity index (χ0) is 12.7. The third-order valence-corrected chi connectivity index (χ3v) is 4.58. The van der Waals surface area contributed by atoms with Crippen LogP contribution in [0.25, 0.3) is 0 Å². The number of benzene rings is 1. The maximum absolute atomic E-state index is 12.5. The van der Waals surface area contributed by atoms with Gasteiger partial charge in [-0.1, -0.05) is 18.2 Å². The Kier molecular flexibility index (Phi) is 4.16. The summed E-state index contributed by atoms with van der Waals surface area (Å²) >= 11 is 0. The summed E-state index contributed by atoms with van der Waals surface area (Å²) in [4.78, 5) is 14.5. The van der Waals surface area contributed by atoms with Gasteiger partial charge in [-0.2, -0.15) is 0 Å². The molecule has 2 N–H and O–H groups in total. The Morgan fingerprint density at radius 1 is 1.26 bits per heavy atom. The third-order valence-electron chi connectivity index (χ3n) is 4.58. The summed E-state index contributed by atoms with van der Waals surface area (Å²) < 4.78 is 0. The lowest BCUT2D eigenvalue weighted by molar-refractivity contribution is 0.0779. The summed E-state index contributed by atoms with van der Waals surface area (Å²) in [6.45, 7) is 3.74. The van der Waals surface area contributed by atoms with Gasteiger partial charge in [0.15, 0.2) is 0 Å². The standard InChI is InChI=1S/C15H20N2O.ClH/c1-10-4-2-3-5-12(10)15(18)17-8-11-6-7-14(16)13(11)9-17;/h2-5,11,13-14H,6-9,16H2,1H3;1H. The van der Waals surface area contributed by atoms with Gasteiger partial charge in [-0.25, -0.2) is 0 Å². The normalized spacial score (nSPS) is 28.9. The SMILES string of the molecule is Cc1ccccc1C(=O)N1CC2CCC(N)C2C1.Cl. The van der Waals surface area contributed by atoms with Gasteiger partial charge in [0.25, 0.3) is 5.91 Å². The van der Waals surface area contributed by atoms with E-state index in [-0.39, 0.29) is 18.3 Å². The first-order chi connectivity index (χ1) is 8.66. The molecule has 1 aromatic rings. The fourth-order valence-corrected chi connectivity index (χ4v) is 3.46. The fourth-order valence-electron chi connectivity index (χ4n) is 3.46. The topological polar surface area (TPSA) is 46.3 Å². The van der Waals surface area contributed by atoms with Crippen molar-refractivity contribution in [1.29, 1.82) is 0 Å². The summed E-state index contributed by atoms with van der Waals surface area (Å²) in [6, 6.07) is 8.12. The minimum Gasteiger partial charge on any atom is -0.338 e. The van der Waals surface area contributed by atoms with E-state index in [1.807, 2.05) is 36.1 Å². The lowest BCUT2D eigenvalue weighted by Crippen LogP contribution is -2.33. The van der Waals surface area contributed by atoms with Crippen molar-refractivity contribution in [2.75, 3.05) is 13.1 Å². The Morgan fingerprint density at radius 3 is 2.68 bits per heavy atom. The molecular weight excluding hydrogens is 260 g/mol. The summed E-state index contributed by atoms with van der Waals surface area (Å²) in [7, 11) is 0. The zero-order valence-corrected chi connectivity index (χ0v) is 12.0. The maximum Gasteiger partial charge on any atom is 0.254 e. The number of amides is 1. The predicted octanol–water partition coefficient (Wildman–Crippen LogP) is 2.23. The Hall–Kier alpha value is -1.06. The van der Waals surface area contributed by atoms with Gasteiger partial charge < -0.3 is 10.6 Å². The van der Waals surface area contributed by atoms with Crippen molar-refractivity contribution < 1.29 is 4.79 Å². The number of aryl methyl sites for hydroxylation is 1. The number of carbonyl (C=O) groups is 1. The van der Waals surface area contributed by atoms with E-state index in [0.29, 0.717) is 17.9 Å². The Balaban J connectivity index is 0.00000133. The molecule has 2 aliphatic rings. The van der Waals surface area contributed by atoms with Crippen molar-refractivity contribution in [1.82, 2.24) is 4.90 Å². The number of fused-ring (bicyclic) bond motifs is 1. The molecule has 3 atom stereocenters. The van der Waals surface area contributed by atoms with E-state index in [2.05, 4.69) is 0 Å². The molecule has 1 aliphatic heterocycles. The first kappa shape index (κ1) is 14.4. The number of rotatable bonds is 1. The molecule has 0 spiro atoms. The quantitative estimate of drug-likeness (QED) is 0.857. The molecular formula is C15H21ClN2O. The van der Waals surface area contributed by atoms with E-state index in [9.17, 15) is 4.79 Å². The van der Waals surface area contributed by atoms with Crippen molar-refractivity contribution in [3.8, 4) is 0 Å². The number of likely N-dealkylation sites (tertiary alicyclic amines) is 1. The van der Waals surface area contributed by atoms with Crippen LogP contribution < -0.4 is 5.73 Å². The average Bonchev–Trinajstić information content (AvgIpc) is 2.92. The van der Waals surface area contributed by atoms with Gasteiger partial charge in [-0.05, 0) is 43.2 Å². The Labute approximate surface area is 120 Å². The van der Waals surface area contributed by atoms with Crippen LogP contribution in [0.2, 0.25) is 0 Å². The van der Waals surface area contributed by atoms with Crippen LogP contribution in [0.4, 0.5) is 0 Å². The molecule has 1 saturated heterocycles. The highest BCUT2D eigenvalue weighted by atomic mass is 35.5. The first-order valence-corrected chi connectivity index (χ1v) is 6.77. The van der Waals surface area contributed by atoms with E-state index in [4.69, 9.17) is 5.73 Å². The van der Waals surface area contributed by atoms with Crippen molar-refractivity contribution in [3.05, 3.63) is 35.4 Å². The monoisotopic (exact) mass is 280 g/mol. The van der Waals surface area contributed by atoms with Gasteiger partial charge in [0.05, 0.1) is 0 Å². The first-order valence-electron chi connectivity index (χ1n) is 6.77. The molecule has 2 fully saturated rings. The highest BCUT2D eigenvalue weighted by Crippen LogP contribution is 2.37. The highest BCUT2D eigenvalue weighted by molar-refractivity contribution is 5.95. The molecule has 19 heavy (non-hydrogen) atoms. The molecule has 1 amide bonds. The van der Waals surface area contributed by atoms with Crippen LogP contribution in [-0.4, -0.2) is 29.9 Å². The van der Waals surface area contributed by atoms with Gasteiger partial charge in [-0.15, -0.1) is 12.4 Å². The number of nitrogens with zero attached hydrogens (tertiary/aromatic N) is 1. The summed E-state index contributed by atoms with van der Waals surface area (Å²) in [5.41, 5.74) is 8.01. The van der Waals surface area contributed by atoms with Crippen LogP contribution in [0.1, 0.15) is 28.8 Å².